The highest BCUT2D eigenvalue weighted by molar-refractivity contribution is 6.53. The third-order valence-corrected chi connectivity index (χ3v) is 3.96. The average Bonchev–Trinajstić information content (AvgIpc) is 2.84. The number of rotatable bonds is 6. The van der Waals surface area contributed by atoms with Crippen LogP contribution in [-0.2, 0) is 19.1 Å². The first kappa shape index (κ1) is 16.0. The summed E-state index contributed by atoms with van der Waals surface area (Å²) >= 11 is 11.6. The number of likely N-dealkylation sites (N-methyl/N-ethyl adjacent to an activating group) is 1. The highest BCUT2D eigenvalue weighted by Crippen LogP contribution is 2.64. The minimum atomic E-state index is -1.12. The second kappa shape index (κ2) is 5.96. The van der Waals surface area contributed by atoms with E-state index in [0.29, 0.717) is 13.0 Å². The van der Waals surface area contributed by atoms with Crippen molar-refractivity contribution in [2.75, 3.05) is 19.7 Å². The number of carbonyl (C=O) groups excluding carboxylic acids is 3. The van der Waals surface area contributed by atoms with Gasteiger partial charge in [0.25, 0.3) is 5.91 Å². The van der Waals surface area contributed by atoms with E-state index in [-0.39, 0.29) is 12.5 Å². The van der Waals surface area contributed by atoms with Crippen molar-refractivity contribution in [3.8, 4) is 0 Å². The van der Waals surface area contributed by atoms with Crippen LogP contribution in [0.1, 0.15) is 20.3 Å². The molecule has 6 nitrogen and oxygen atoms in total. The van der Waals surface area contributed by atoms with Crippen LogP contribution in [0.5, 0.6) is 0 Å². The van der Waals surface area contributed by atoms with Crippen molar-refractivity contribution < 1.29 is 19.1 Å². The van der Waals surface area contributed by atoms with Crippen LogP contribution < -0.4 is 10.6 Å². The normalized spacial score (nSPS) is 23.4. The standard InChI is InChI=1S/C11H16Cl2N2O4/c1-3-14-7(16)4-15-8(17)5-19-9(18)10(2)6-11(10,12)13/h3-6H2,1-2H3,(H,14,16)(H,15,17)/t10-/m0/s1. The number of esters is 1. The molecular weight excluding hydrogens is 295 g/mol. The Morgan fingerprint density at radius 2 is 1.79 bits per heavy atom. The lowest BCUT2D eigenvalue weighted by molar-refractivity contribution is -0.153. The summed E-state index contributed by atoms with van der Waals surface area (Å²) in [6.07, 6.45) is 0.294. The van der Waals surface area contributed by atoms with Crippen LogP contribution in [0.3, 0.4) is 0 Å². The van der Waals surface area contributed by atoms with Gasteiger partial charge in [-0.15, -0.1) is 23.2 Å². The van der Waals surface area contributed by atoms with Crippen molar-refractivity contribution in [2.24, 2.45) is 5.41 Å². The molecule has 108 valence electrons. The summed E-state index contributed by atoms with van der Waals surface area (Å²) < 4.78 is 3.68. The fourth-order valence-corrected chi connectivity index (χ4v) is 2.09. The highest BCUT2D eigenvalue weighted by atomic mass is 35.5. The lowest BCUT2D eigenvalue weighted by Gasteiger charge is -2.11. The number of nitrogens with one attached hydrogen (secondary N) is 2. The number of alkyl halides is 2. The van der Waals surface area contributed by atoms with E-state index in [4.69, 9.17) is 27.9 Å². The summed E-state index contributed by atoms with van der Waals surface area (Å²) in [5.41, 5.74) is -0.962. The Bertz CT molecular complexity index is 400. The molecule has 0 unspecified atom stereocenters. The number of hydrogen-bond donors (Lipinski definition) is 2. The second-order valence-electron chi connectivity index (χ2n) is 4.52. The molecule has 19 heavy (non-hydrogen) atoms. The summed E-state index contributed by atoms with van der Waals surface area (Å²) in [6, 6.07) is 0. The van der Waals surface area contributed by atoms with Crippen molar-refractivity contribution in [2.45, 2.75) is 24.6 Å². The summed E-state index contributed by atoms with van der Waals surface area (Å²) in [6.45, 7) is 3.20. The largest absolute Gasteiger partial charge is 0.455 e. The first-order valence-corrected chi connectivity index (χ1v) is 6.57. The third kappa shape index (κ3) is 3.98. The number of carbonyl (C=O) groups is 3. The molecule has 1 aliphatic carbocycles. The quantitative estimate of drug-likeness (QED) is 0.548. The first-order chi connectivity index (χ1) is 8.73. The van der Waals surface area contributed by atoms with Gasteiger partial charge in [0.15, 0.2) is 6.61 Å². The van der Waals surface area contributed by atoms with Crippen LogP contribution in [0.4, 0.5) is 0 Å². The molecule has 0 heterocycles. The smallest absolute Gasteiger partial charge is 0.315 e. The second-order valence-corrected chi connectivity index (χ2v) is 6.00. The monoisotopic (exact) mass is 310 g/mol. The average molecular weight is 311 g/mol. The lowest BCUT2D eigenvalue weighted by atomic mass is 10.1. The predicted molar refractivity (Wildman–Crippen MR) is 69.8 cm³/mol. The molecule has 0 bridgehead atoms. The van der Waals surface area contributed by atoms with Gasteiger partial charge in [-0.05, 0) is 13.8 Å². The molecule has 0 aromatic heterocycles. The van der Waals surface area contributed by atoms with E-state index >= 15 is 0 Å². The molecule has 1 rings (SSSR count). The number of halogens is 2. The Labute approximate surface area is 121 Å². The van der Waals surface area contributed by atoms with E-state index < -0.39 is 28.2 Å². The molecule has 0 saturated heterocycles. The lowest BCUT2D eigenvalue weighted by Crippen LogP contribution is -2.39. The van der Waals surface area contributed by atoms with Gasteiger partial charge in [-0.25, -0.2) is 0 Å². The zero-order valence-electron chi connectivity index (χ0n) is 10.7. The molecule has 2 N–H and O–H groups in total. The molecule has 0 aromatic rings. The molecule has 1 atom stereocenters. The molecule has 1 fully saturated rings. The number of amides is 2. The SMILES string of the molecule is CCNC(=O)CNC(=O)COC(=O)[C@]1(C)CC1(Cl)Cl. The van der Waals surface area contributed by atoms with Crippen LogP contribution in [0, 0.1) is 5.41 Å². The van der Waals surface area contributed by atoms with Gasteiger partial charge in [0, 0.05) is 13.0 Å². The van der Waals surface area contributed by atoms with Gasteiger partial charge in [0.1, 0.15) is 9.75 Å². The van der Waals surface area contributed by atoms with Crippen LogP contribution in [-0.4, -0.2) is 41.8 Å². The van der Waals surface area contributed by atoms with Crippen molar-refractivity contribution in [3.05, 3.63) is 0 Å². The third-order valence-electron chi connectivity index (χ3n) is 2.86. The molecule has 2 amide bonds. The van der Waals surface area contributed by atoms with Gasteiger partial charge in [-0.1, -0.05) is 0 Å². The predicted octanol–water partition coefficient (Wildman–Crippen LogP) is 0.366. The van der Waals surface area contributed by atoms with E-state index in [1.807, 2.05) is 0 Å². The minimum Gasteiger partial charge on any atom is -0.455 e. The highest BCUT2D eigenvalue weighted by Gasteiger charge is 2.69. The Kier molecular flexibility index (Phi) is 5.04. The van der Waals surface area contributed by atoms with Gasteiger partial charge in [0.2, 0.25) is 5.91 Å². The zero-order chi connectivity index (χ0) is 14.7. The van der Waals surface area contributed by atoms with Gasteiger partial charge in [0.05, 0.1) is 6.54 Å². The van der Waals surface area contributed by atoms with Gasteiger partial charge in [-0.2, -0.15) is 0 Å². The summed E-state index contributed by atoms with van der Waals surface area (Å²) in [7, 11) is 0. The first-order valence-electron chi connectivity index (χ1n) is 5.81. The topological polar surface area (TPSA) is 84.5 Å². The molecule has 1 aliphatic rings. The number of hydrogen-bond acceptors (Lipinski definition) is 4. The molecule has 0 spiro atoms. The maximum absolute atomic E-state index is 11.6. The zero-order valence-corrected chi connectivity index (χ0v) is 12.2. The molecule has 0 radical (unpaired) electrons. The molecule has 0 aromatic carbocycles. The molecule has 0 aliphatic heterocycles. The maximum Gasteiger partial charge on any atom is 0.315 e. The van der Waals surface area contributed by atoms with Crippen molar-refractivity contribution in [1.29, 1.82) is 0 Å². The minimum absolute atomic E-state index is 0.156. The van der Waals surface area contributed by atoms with Crippen molar-refractivity contribution in [1.82, 2.24) is 10.6 Å². The van der Waals surface area contributed by atoms with Gasteiger partial charge < -0.3 is 15.4 Å². The van der Waals surface area contributed by atoms with E-state index in [1.54, 1.807) is 13.8 Å². The van der Waals surface area contributed by atoms with Gasteiger partial charge >= 0.3 is 5.97 Å². The number of ether oxygens (including phenoxy) is 1. The van der Waals surface area contributed by atoms with E-state index in [0.717, 1.165) is 0 Å². The van der Waals surface area contributed by atoms with Crippen molar-refractivity contribution in [3.63, 3.8) is 0 Å². The Morgan fingerprint density at radius 1 is 1.21 bits per heavy atom. The van der Waals surface area contributed by atoms with Crippen LogP contribution in [0.15, 0.2) is 0 Å². The fraction of sp³-hybridized carbons (Fsp3) is 0.727. The van der Waals surface area contributed by atoms with Crippen LogP contribution in [0.2, 0.25) is 0 Å². The van der Waals surface area contributed by atoms with Gasteiger partial charge in [-0.3, -0.25) is 14.4 Å². The Hall–Kier alpha value is -1.01. The molecular formula is C11H16Cl2N2O4. The maximum atomic E-state index is 11.6. The van der Waals surface area contributed by atoms with Crippen LogP contribution in [0.25, 0.3) is 0 Å². The van der Waals surface area contributed by atoms with E-state index in [2.05, 4.69) is 10.6 Å². The fourth-order valence-electron chi connectivity index (χ4n) is 1.40. The molecule has 8 heteroatoms. The Balaban J connectivity index is 2.24. The van der Waals surface area contributed by atoms with E-state index in [1.165, 1.54) is 0 Å². The summed E-state index contributed by atoms with van der Waals surface area (Å²) in [5, 5.41) is 4.84. The Morgan fingerprint density at radius 3 is 2.26 bits per heavy atom. The summed E-state index contributed by atoms with van der Waals surface area (Å²) in [5.74, 6) is -1.49. The van der Waals surface area contributed by atoms with Crippen molar-refractivity contribution >= 4 is 41.0 Å². The van der Waals surface area contributed by atoms with Crippen LogP contribution >= 0.6 is 23.2 Å². The summed E-state index contributed by atoms with van der Waals surface area (Å²) in [4.78, 5) is 34.0. The van der Waals surface area contributed by atoms with E-state index in [9.17, 15) is 14.4 Å². The molecule has 1 saturated carbocycles.